The molecule has 3 rings (SSSR count). The fourth-order valence-electron chi connectivity index (χ4n) is 2.02. The summed E-state index contributed by atoms with van der Waals surface area (Å²) >= 11 is 0. The Morgan fingerprint density at radius 1 is 1.59 bits per heavy atom. The minimum Gasteiger partial charge on any atom is -0.337 e. The predicted molar refractivity (Wildman–Crippen MR) is 59.1 cm³/mol. The number of H-pyrrole nitrogens is 1. The molecule has 2 heterocycles. The van der Waals surface area contributed by atoms with E-state index in [0.29, 0.717) is 5.82 Å². The first-order chi connectivity index (χ1) is 8.25. The first-order valence-corrected chi connectivity index (χ1v) is 5.38. The number of nitrogens with one attached hydrogen (secondary N) is 2. The lowest BCUT2D eigenvalue weighted by Crippen LogP contribution is -2.15. The second kappa shape index (κ2) is 3.69. The number of aromatic amines is 1. The van der Waals surface area contributed by atoms with Crippen LogP contribution in [0.2, 0.25) is 0 Å². The lowest BCUT2D eigenvalue weighted by atomic mass is 10.2. The molecule has 2 N–H and O–H groups in total. The van der Waals surface area contributed by atoms with Crippen molar-refractivity contribution >= 4 is 11.7 Å². The van der Waals surface area contributed by atoms with Crippen molar-refractivity contribution in [2.24, 2.45) is 13.0 Å². The molecule has 2 atom stereocenters. The number of carbonyl (C=O) groups is 1. The van der Waals surface area contributed by atoms with Crippen LogP contribution in [0.3, 0.4) is 0 Å². The molecule has 2 aromatic rings. The largest absolute Gasteiger partial charge is 0.337 e. The number of imidazole rings is 1. The second-order valence-electron chi connectivity index (χ2n) is 4.22. The maximum absolute atomic E-state index is 11.9. The summed E-state index contributed by atoms with van der Waals surface area (Å²) in [5, 5.41) is 12.6. The Labute approximate surface area is 97.2 Å². The third-order valence-electron chi connectivity index (χ3n) is 3.03. The van der Waals surface area contributed by atoms with Crippen molar-refractivity contribution in [2.75, 3.05) is 5.32 Å². The summed E-state index contributed by atoms with van der Waals surface area (Å²) in [6.45, 7) is 0. The van der Waals surface area contributed by atoms with E-state index in [1.807, 2.05) is 17.8 Å². The van der Waals surface area contributed by atoms with E-state index in [0.717, 1.165) is 12.1 Å². The Kier molecular flexibility index (Phi) is 2.17. The number of nitrogens with zero attached hydrogens (tertiary/aromatic N) is 4. The summed E-state index contributed by atoms with van der Waals surface area (Å²) in [7, 11) is 1.94. The molecule has 1 aliphatic rings. The number of amides is 1. The van der Waals surface area contributed by atoms with Gasteiger partial charge in [0.25, 0.3) is 0 Å². The molecule has 88 valence electrons. The molecule has 0 unspecified atom stereocenters. The smallest absolute Gasteiger partial charge is 0.229 e. The lowest BCUT2D eigenvalue weighted by Gasteiger charge is -2.01. The summed E-state index contributed by atoms with van der Waals surface area (Å²) in [6, 6.07) is 0. The summed E-state index contributed by atoms with van der Waals surface area (Å²) < 4.78 is 1.95. The van der Waals surface area contributed by atoms with E-state index in [1.165, 1.54) is 6.20 Å². The van der Waals surface area contributed by atoms with Crippen LogP contribution in [-0.4, -0.2) is 30.9 Å². The number of hydrogen-bond acceptors (Lipinski definition) is 4. The topological polar surface area (TPSA) is 88.5 Å². The Balaban J connectivity index is 1.65. The van der Waals surface area contributed by atoms with Gasteiger partial charge in [-0.15, -0.1) is 5.10 Å². The molecule has 1 fully saturated rings. The molecule has 7 nitrogen and oxygen atoms in total. The highest BCUT2D eigenvalue weighted by Gasteiger charge is 2.45. The summed E-state index contributed by atoms with van der Waals surface area (Å²) in [6.07, 6.45) is 5.91. The van der Waals surface area contributed by atoms with E-state index in [2.05, 4.69) is 25.7 Å². The first kappa shape index (κ1) is 10.0. The maximum Gasteiger partial charge on any atom is 0.229 e. The van der Waals surface area contributed by atoms with Gasteiger partial charge in [-0.1, -0.05) is 0 Å². The van der Waals surface area contributed by atoms with Gasteiger partial charge >= 0.3 is 0 Å². The van der Waals surface area contributed by atoms with Crippen LogP contribution in [0.4, 0.5) is 5.82 Å². The average molecular weight is 232 g/mol. The highest BCUT2D eigenvalue weighted by molar-refractivity contribution is 5.94. The quantitative estimate of drug-likeness (QED) is 0.795. The third-order valence-corrected chi connectivity index (χ3v) is 3.03. The van der Waals surface area contributed by atoms with Gasteiger partial charge in [0, 0.05) is 30.8 Å². The Hall–Kier alpha value is -2.18. The Morgan fingerprint density at radius 2 is 2.47 bits per heavy atom. The van der Waals surface area contributed by atoms with Crippen molar-refractivity contribution in [3.8, 4) is 0 Å². The molecule has 0 bridgehead atoms. The molecular formula is C10H12N6O. The van der Waals surface area contributed by atoms with Crippen LogP contribution in [-0.2, 0) is 11.8 Å². The van der Waals surface area contributed by atoms with Crippen molar-refractivity contribution in [1.82, 2.24) is 25.0 Å². The zero-order valence-corrected chi connectivity index (χ0v) is 9.29. The highest BCUT2D eigenvalue weighted by atomic mass is 16.2. The summed E-state index contributed by atoms with van der Waals surface area (Å²) in [4.78, 5) is 15.9. The standard InChI is InChI=1S/C10H12N6O/c1-16-5-11-3-8(16)6-2-7(6)10(17)13-9-4-12-15-14-9/h3-7H,2H2,1H3,(H2,12,13,14,15,17)/t6-,7-/m1/s1. The molecule has 1 saturated carbocycles. The first-order valence-electron chi connectivity index (χ1n) is 5.38. The van der Waals surface area contributed by atoms with E-state index in [-0.39, 0.29) is 17.7 Å². The van der Waals surface area contributed by atoms with Gasteiger partial charge in [0.15, 0.2) is 5.82 Å². The van der Waals surface area contributed by atoms with E-state index < -0.39 is 0 Å². The molecule has 0 aromatic carbocycles. The minimum atomic E-state index is -0.00917. The number of aromatic nitrogens is 5. The number of anilines is 1. The van der Waals surface area contributed by atoms with Crippen LogP contribution in [0.15, 0.2) is 18.7 Å². The van der Waals surface area contributed by atoms with Crippen molar-refractivity contribution in [3.63, 3.8) is 0 Å². The van der Waals surface area contributed by atoms with Gasteiger partial charge in [-0.2, -0.15) is 10.3 Å². The zero-order chi connectivity index (χ0) is 11.8. The number of carbonyl (C=O) groups excluding carboxylic acids is 1. The second-order valence-corrected chi connectivity index (χ2v) is 4.22. The number of rotatable bonds is 3. The van der Waals surface area contributed by atoms with Gasteiger partial charge in [-0.25, -0.2) is 4.98 Å². The molecule has 1 amide bonds. The fourth-order valence-corrected chi connectivity index (χ4v) is 2.02. The predicted octanol–water partition coefficient (Wildman–Crippen LogP) is 0.280. The Bertz CT molecular complexity index is 531. The number of hydrogen-bond donors (Lipinski definition) is 2. The molecule has 1 aliphatic carbocycles. The monoisotopic (exact) mass is 232 g/mol. The zero-order valence-electron chi connectivity index (χ0n) is 9.29. The van der Waals surface area contributed by atoms with Crippen LogP contribution < -0.4 is 5.32 Å². The number of aryl methyl sites for hydroxylation is 1. The van der Waals surface area contributed by atoms with Gasteiger partial charge in [0.1, 0.15) is 0 Å². The van der Waals surface area contributed by atoms with Crippen LogP contribution in [0.25, 0.3) is 0 Å². The van der Waals surface area contributed by atoms with Crippen molar-refractivity contribution in [1.29, 1.82) is 0 Å². The molecule has 0 saturated heterocycles. The minimum absolute atomic E-state index is 0.00917. The van der Waals surface area contributed by atoms with Crippen molar-refractivity contribution in [3.05, 3.63) is 24.4 Å². The highest BCUT2D eigenvalue weighted by Crippen LogP contribution is 2.47. The molecule has 2 aromatic heterocycles. The summed E-state index contributed by atoms with van der Waals surface area (Å²) in [5.74, 6) is 0.743. The van der Waals surface area contributed by atoms with E-state index >= 15 is 0 Å². The molecule has 7 heteroatoms. The maximum atomic E-state index is 11.9. The van der Waals surface area contributed by atoms with E-state index in [4.69, 9.17) is 0 Å². The average Bonchev–Trinajstić information content (AvgIpc) is 2.71. The van der Waals surface area contributed by atoms with Crippen LogP contribution >= 0.6 is 0 Å². The molecule has 0 aliphatic heterocycles. The van der Waals surface area contributed by atoms with Gasteiger partial charge in [0.05, 0.1) is 12.5 Å². The van der Waals surface area contributed by atoms with Gasteiger partial charge in [-0.05, 0) is 6.42 Å². The SMILES string of the molecule is Cn1cncc1[C@@H]1C[C@H]1C(=O)Nc1cn[nH]n1. The molecule has 17 heavy (non-hydrogen) atoms. The van der Waals surface area contributed by atoms with E-state index in [9.17, 15) is 4.79 Å². The third kappa shape index (κ3) is 1.79. The van der Waals surface area contributed by atoms with Gasteiger partial charge < -0.3 is 9.88 Å². The fraction of sp³-hybridized carbons (Fsp3) is 0.400. The van der Waals surface area contributed by atoms with Crippen molar-refractivity contribution < 1.29 is 4.79 Å². The lowest BCUT2D eigenvalue weighted by molar-refractivity contribution is -0.117. The van der Waals surface area contributed by atoms with Crippen LogP contribution in [0.5, 0.6) is 0 Å². The molecule has 0 spiro atoms. The van der Waals surface area contributed by atoms with Crippen molar-refractivity contribution in [2.45, 2.75) is 12.3 Å². The van der Waals surface area contributed by atoms with Gasteiger partial charge in [-0.3, -0.25) is 4.79 Å². The summed E-state index contributed by atoms with van der Waals surface area (Å²) in [5.41, 5.74) is 1.10. The molecular weight excluding hydrogens is 220 g/mol. The van der Waals surface area contributed by atoms with Gasteiger partial charge in [0.2, 0.25) is 5.91 Å². The van der Waals surface area contributed by atoms with Crippen LogP contribution in [0, 0.1) is 5.92 Å². The normalized spacial score (nSPS) is 22.4. The molecule has 0 radical (unpaired) electrons. The van der Waals surface area contributed by atoms with Crippen LogP contribution in [0.1, 0.15) is 18.0 Å². The Morgan fingerprint density at radius 3 is 3.12 bits per heavy atom. The van der Waals surface area contributed by atoms with E-state index in [1.54, 1.807) is 6.33 Å².